The van der Waals surface area contributed by atoms with Crippen LogP contribution in [0.3, 0.4) is 0 Å². The number of nitrogens with zero attached hydrogens (tertiary/aromatic N) is 1. The SMILES string of the molecule is COc1ccc([C@@H](C)NC(=O)CN(c2cccc(Cl)c2C)S(C)(=O)=O)cc1OC. The Hall–Kier alpha value is -2.45. The first-order valence-electron chi connectivity index (χ1n) is 8.82. The molecule has 0 spiro atoms. The van der Waals surface area contributed by atoms with E-state index in [2.05, 4.69) is 5.32 Å². The third-order valence-electron chi connectivity index (χ3n) is 4.48. The van der Waals surface area contributed by atoms with E-state index in [-0.39, 0.29) is 12.6 Å². The number of halogens is 1. The minimum atomic E-state index is -3.70. The predicted molar refractivity (Wildman–Crippen MR) is 114 cm³/mol. The largest absolute Gasteiger partial charge is 0.493 e. The topological polar surface area (TPSA) is 84.9 Å². The zero-order valence-corrected chi connectivity index (χ0v) is 18.6. The normalized spacial score (nSPS) is 12.2. The zero-order valence-electron chi connectivity index (χ0n) is 17.0. The monoisotopic (exact) mass is 440 g/mol. The van der Waals surface area contributed by atoms with Crippen molar-refractivity contribution in [1.82, 2.24) is 5.32 Å². The molecule has 158 valence electrons. The maximum Gasteiger partial charge on any atom is 0.241 e. The predicted octanol–water partition coefficient (Wildman–Crippen LogP) is 3.31. The van der Waals surface area contributed by atoms with Crippen LogP contribution in [0, 0.1) is 6.92 Å². The summed E-state index contributed by atoms with van der Waals surface area (Å²) in [6.45, 7) is 3.15. The molecule has 0 saturated heterocycles. The van der Waals surface area contributed by atoms with Gasteiger partial charge in [-0.05, 0) is 49.2 Å². The Morgan fingerprint density at radius 2 is 1.83 bits per heavy atom. The van der Waals surface area contributed by atoms with Crippen LogP contribution in [0.4, 0.5) is 5.69 Å². The number of anilines is 1. The Morgan fingerprint density at radius 3 is 2.41 bits per heavy atom. The molecular weight excluding hydrogens is 416 g/mol. The number of ether oxygens (including phenoxy) is 2. The van der Waals surface area contributed by atoms with Gasteiger partial charge < -0.3 is 14.8 Å². The fraction of sp³-hybridized carbons (Fsp3) is 0.350. The highest BCUT2D eigenvalue weighted by Crippen LogP contribution is 2.30. The Morgan fingerprint density at radius 1 is 1.17 bits per heavy atom. The van der Waals surface area contributed by atoms with Crippen LogP contribution in [-0.2, 0) is 14.8 Å². The number of carbonyl (C=O) groups excluding carboxylic acids is 1. The molecule has 0 fully saturated rings. The molecule has 0 radical (unpaired) electrons. The average molecular weight is 441 g/mol. The van der Waals surface area contributed by atoms with Gasteiger partial charge in [-0.3, -0.25) is 9.10 Å². The number of benzene rings is 2. The third-order valence-corrected chi connectivity index (χ3v) is 6.02. The maximum absolute atomic E-state index is 12.6. The number of amides is 1. The van der Waals surface area contributed by atoms with Crippen molar-refractivity contribution in [2.45, 2.75) is 19.9 Å². The Balaban J connectivity index is 2.21. The number of nitrogens with one attached hydrogen (secondary N) is 1. The first-order valence-corrected chi connectivity index (χ1v) is 11.0. The molecule has 29 heavy (non-hydrogen) atoms. The molecule has 1 atom stereocenters. The molecule has 0 saturated carbocycles. The molecule has 0 unspecified atom stereocenters. The maximum atomic E-state index is 12.6. The van der Waals surface area contributed by atoms with Crippen LogP contribution < -0.4 is 19.1 Å². The first-order chi connectivity index (χ1) is 13.6. The van der Waals surface area contributed by atoms with Gasteiger partial charge in [-0.1, -0.05) is 23.7 Å². The summed E-state index contributed by atoms with van der Waals surface area (Å²) in [7, 11) is -0.623. The highest BCUT2D eigenvalue weighted by molar-refractivity contribution is 7.92. The van der Waals surface area contributed by atoms with Gasteiger partial charge in [0, 0.05) is 5.02 Å². The summed E-state index contributed by atoms with van der Waals surface area (Å²) in [5.74, 6) is 0.671. The second-order valence-electron chi connectivity index (χ2n) is 6.56. The van der Waals surface area contributed by atoms with Gasteiger partial charge in [0.25, 0.3) is 0 Å². The Kier molecular flexibility index (Phi) is 7.37. The molecule has 2 aromatic carbocycles. The molecule has 0 aliphatic heterocycles. The lowest BCUT2D eigenvalue weighted by Crippen LogP contribution is -2.41. The van der Waals surface area contributed by atoms with Crippen LogP contribution in [0.15, 0.2) is 36.4 Å². The van der Waals surface area contributed by atoms with E-state index < -0.39 is 15.9 Å². The molecule has 9 heteroatoms. The standard InChI is InChI=1S/C20H25ClN2O5S/c1-13-16(21)7-6-8-17(13)23(29(5,25)26)12-20(24)22-14(2)15-9-10-18(27-3)19(11-15)28-4/h6-11,14H,12H2,1-5H3,(H,22,24)/t14-/m1/s1. The van der Waals surface area contributed by atoms with Gasteiger partial charge in [-0.25, -0.2) is 8.42 Å². The minimum Gasteiger partial charge on any atom is -0.493 e. The van der Waals surface area contributed by atoms with E-state index in [1.165, 1.54) is 7.11 Å². The lowest BCUT2D eigenvalue weighted by Gasteiger charge is -2.25. The van der Waals surface area contributed by atoms with Crippen LogP contribution in [0.2, 0.25) is 5.02 Å². The fourth-order valence-electron chi connectivity index (χ4n) is 2.87. The fourth-order valence-corrected chi connectivity index (χ4v) is 3.95. The quantitative estimate of drug-likeness (QED) is 0.680. The molecule has 0 heterocycles. The van der Waals surface area contributed by atoms with Crippen LogP contribution in [0.25, 0.3) is 0 Å². The smallest absolute Gasteiger partial charge is 0.241 e. The van der Waals surface area contributed by atoms with Gasteiger partial charge in [-0.2, -0.15) is 0 Å². The minimum absolute atomic E-state index is 0.363. The average Bonchev–Trinajstić information content (AvgIpc) is 2.67. The second kappa shape index (κ2) is 9.37. The molecule has 2 aromatic rings. The zero-order chi connectivity index (χ0) is 21.8. The number of sulfonamides is 1. The van der Waals surface area contributed by atoms with Crippen LogP contribution >= 0.6 is 11.6 Å². The summed E-state index contributed by atoms with van der Waals surface area (Å²) < 4.78 is 36.2. The van der Waals surface area contributed by atoms with E-state index in [0.29, 0.717) is 27.8 Å². The molecule has 1 N–H and O–H groups in total. The van der Waals surface area contributed by atoms with Gasteiger partial charge in [0.15, 0.2) is 11.5 Å². The molecule has 0 aromatic heterocycles. The van der Waals surface area contributed by atoms with Crippen molar-refractivity contribution in [1.29, 1.82) is 0 Å². The molecular formula is C20H25ClN2O5S. The van der Waals surface area contributed by atoms with Crippen LogP contribution in [-0.4, -0.2) is 41.3 Å². The van der Waals surface area contributed by atoms with Crippen LogP contribution in [0.5, 0.6) is 11.5 Å². The number of hydrogen-bond donors (Lipinski definition) is 1. The van der Waals surface area contributed by atoms with Gasteiger partial charge in [0.2, 0.25) is 15.9 Å². The van der Waals surface area contributed by atoms with Crippen molar-refractivity contribution < 1.29 is 22.7 Å². The van der Waals surface area contributed by atoms with E-state index in [1.807, 2.05) is 6.07 Å². The highest BCUT2D eigenvalue weighted by Gasteiger charge is 2.24. The summed E-state index contributed by atoms with van der Waals surface area (Å²) in [6, 6.07) is 9.88. The molecule has 2 rings (SSSR count). The van der Waals surface area contributed by atoms with Crippen molar-refractivity contribution in [2.24, 2.45) is 0 Å². The summed E-state index contributed by atoms with van der Waals surface area (Å²) in [6.07, 6.45) is 1.05. The van der Waals surface area contributed by atoms with Crippen molar-refractivity contribution in [2.75, 3.05) is 31.3 Å². The summed E-state index contributed by atoms with van der Waals surface area (Å²) in [5.41, 5.74) is 1.75. The summed E-state index contributed by atoms with van der Waals surface area (Å²) in [5, 5.41) is 3.24. The number of rotatable bonds is 8. The van der Waals surface area contributed by atoms with Crippen molar-refractivity contribution >= 4 is 33.2 Å². The van der Waals surface area contributed by atoms with Crippen molar-refractivity contribution in [3.05, 3.63) is 52.5 Å². The molecule has 0 bridgehead atoms. The highest BCUT2D eigenvalue weighted by atomic mass is 35.5. The van der Waals surface area contributed by atoms with Crippen molar-refractivity contribution in [3.63, 3.8) is 0 Å². The second-order valence-corrected chi connectivity index (χ2v) is 8.87. The molecule has 7 nitrogen and oxygen atoms in total. The molecule has 0 aliphatic rings. The Bertz CT molecular complexity index is 994. The summed E-state index contributed by atoms with van der Waals surface area (Å²) in [4.78, 5) is 12.6. The van der Waals surface area contributed by atoms with Crippen LogP contribution in [0.1, 0.15) is 24.1 Å². The van der Waals surface area contributed by atoms with E-state index in [1.54, 1.807) is 51.3 Å². The molecule has 0 aliphatic carbocycles. The number of carbonyl (C=O) groups is 1. The Labute approximate surface area is 176 Å². The van der Waals surface area contributed by atoms with Crippen molar-refractivity contribution in [3.8, 4) is 11.5 Å². The number of hydrogen-bond acceptors (Lipinski definition) is 5. The molecule has 1 amide bonds. The van der Waals surface area contributed by atoms with Gasteiger partial charge >= 0.3 is 0 Å². The van der Waals surface area contributed by atoms with Gasteiger partial charge in [0.05, 0.1) is 32.2 Å². The first kappa shape index (κ1) is 22.8. The summed E-state index contributed by atoms with van der Waals surface area (Å²) >= 11 is 6.12. The van der Waals surface area contributed by atoms with E-state index in [0.717, 1.165) is 16.1 Å². The number of methoxy groups -OCH3 is 2. The third kappa shape index (κ3) is 5.55. The van der Waals surface area contributed by atoms with E-state index in [9.17, 15) is 13.2 Å². The lowest BCUT2D eigenvalue weighted by molar-refractivity contribution is -0.120. The van der Waals surface area contributed by atoms with E-state index >= 15 is 0 Å². The van der Waals surface area contributed by atoms with Gasteiger partial charge in [-0.15, -0.1) is 0 Å². The van der Waals surface area contributed by atoms with Gasteiger partial charge in [0.1, 0.15) is 6.54 Å². The van der Waals surface area contributed by atoms with E-state index in [4.69, 9.17) is 21.1 Å². The lowest BCUT2D eigenvalue weighted by atomic mass is 10.1.